The number of carbonyl (C=O) groups is 2. The Hall–Kier alpha value is -3.06. The van der Waals surface area contributed by atoms with Gasteiger partial charge in [-0.1, -0.05) is 12.1 Å². The summed E-state index contributed by atoms with van der Waals surface area (Å²) in [5, 5.41) is 5.11. The molecule has 27 heavy (non-hydrogen) atoms. The number of esters is 1. The maximum Gasteiger partial charge on any atom is 0.356 e. The SMILES string of the molecule is COC(=O)c1cccc(C(=O)Nc2nc(-c3cc(C)c(C)cc3C)cs2)n1. The van der Waals surface area contributed by atoms with Crippen molar-refractivity contribution in [3.8, 4) is 11.3 Å². The van der Waals surface area contributed by atoms with Crippen LogP contribution in [-0.4, -0.2) is 29.0 Å². The molecule has 1 N–H and O–H groups in total. The minimum Gasteiger partial charge on any atom is -0.464 e. The Bertz CT molecular complexity index is 1030. The molecule has 3 rings (SSSR count). The molecule has 0 aliphatic rings. The number of nitrogens with zero attached hydrogens (tertiary/aromatic N) is 2. The molecule has 0 spiro atoms. The second-order valence-corrected chi connectivity index (χ2v) is 7.00. The quantitative estimate of drug-likeness (QED) is 0.686. The molecule has 0 saturated carbocycles. The van der Waals surface area contributed by atoms with Crippen LogP contribution in [0.2, 0.25) is 0 Å². The number of nitrogens with one attached hydrogen (secondary N) is 1. The van der Waals surface area contributed by atoms with Crippen LogP contribution in [0.4, 0.5) is 5.13 Å². The number of benzene rings is 1. The van der Waals surface area contributed by atoms with E-state index in [1.165, 1.54) is 41.7 Å². The van der Waals surface area contributed by atoms with Gasteiger partial charge in [-0.2, -0.15) is 0 Å². The zero-order valence-corrected chi connectivity index (χ0v) is 16.3. The van der Waals surface area contributed by atoms with E-state index in [2.05, 4.69) is 46.0 Å². The summed E-state index contributed by atoms with van der Waals surface area (Å²) in [5.41, 5.74) is 5.61. The van der Waals surface area contributed by atoms with Gasteiger partial charge in [0, 0.05) is 10.9 Å². The minimum absolute atomic E-state index is 0.0794. The zero-order chi connectivity index (χ0) is 19.6. The van der Waals surface area contributed by atoms with Gasteiger partial charge in [0.05, 0.1) is 12.8 Å². The second-order valence-electron chi connectivity index (χ2n) is 6.14. The molecular formula is C20H19N3O3S. The van der Waals surface area contributed by atoms with Crippen molar-refractivity contribution in [1.82, 2.24) is 9.97 Å². The maximum atomic E-state index is 12.4. The highest BCUT2D eigenvalue weighted by atomic mass is 32.1. The molecule has 0 aliphatic heterocycles. The Morgan fingerprint density at radius 3 is 2.44 bits per heavy atom. The lowest BCUT2D eigenvalue weighted by Gasteiger charge is -2.07. The van der Waals surface area contributed by atoms with Crippen molar-refractivity contribution >= 4 is 28.3 Å². The molecule has 3 aromatic rings. The Kier molecular flexibility index (Phi) is 5.32. The summed E-state index contributed by atoms with van der Waals surface area (Å²) in [6.45, 7) is 6.18. The number of aryl methyl sites for hydroxylation is 3. The summed E-state index contributed by atoms with van der Waals surface area (Å²) in [7, 11) is 1.27. The molecule has 0 fully saturated rings. The second kappa shape index (κ2) is 7.67. The molecular weight excluding hydrogens is 362 g/mol. The van der Waals surface area contributed by atoms with Gasteiger partial charge in [-0.3, -0.25) is 10.1 Å². The van der Waals surface area contributed by atoms with Crippen LogP contribution < -0.4 is 5.32 Å². The summed E-state index contributed by atoms with van der Waals surface area (Å²) in [6.07, 6.45) is 0. The van der Waals surface area contributed by atoms with Gasteiger partial charge < -0.3 is 4.74 Å². The molecule has 138 valence electrons. The highest BCUT2D eigenvalue weighted by Gasteiger charge is 2.15. The number of anilines is 1. The third-order valence-electron chi connectivity index (χ3n) is 4.22. The van der Waals surface area contributed by atoms with Gasteiger partial charge >= 0.3 is 5.97 Å². The fourth-order valence-electron chi connectivity index (χ4n) is 2.63. The van der Waals surface area contributed by atoms with E-state index in [0.29, 0.717) is 5.13 Å². The molecule has 0 unspecified atom stereocenters. The van der Waals surface area contributed by atoms with Gasteiger partial charge in [0.15, 0.2) is 5.13 Å². The van der Waals surface area contributed by atoms with Crippen molar-refractivity contribution in [3.05, 3.63) is 63.8 Å². The van der Waals surface area contributed by atoms with E-state index in [0.717, 1.165) is 16.8 Å². The largest absolute Gasteiger partial charge is 0.464 e. The predicted molar refractivity (Wildman–Crippen MR) is 105 cm³/mol. The molecule has 2 heterocycles. The number of ether oxygens (including phenoxy) is 1. The van der Waals surface area contributed by atoms with Crippen molar-refractivity contribution in [2.75, 3.05) is 12.4 Å². The lowest BCUT2D eigenvalue weighted by Crippen LogP contribution is -2.15. The van der Waals surface area contributed by atoms with Gasteiger partial charge in [-0.25, -0.2) is 14.8 Å². The first-order chi connectivity index (χ1) is 12.9. The molecule has 6 nitrogen and oxygen atoms in total. The van der Waals surface area contributed by atoms with Crippen LogP contribution in [0.1, 0.15) is 37.7 Å². The fourth-order valence-corrected chi connectivity index (χ4v) is 3.34. The molecule has 7 heteroatoms. The van der Waals surface area contributed by atoms with Gasteiger partial charge in [0.2, 0.25) is 0 Å². The molecule has 0 aliphatic carbocycles. The van der Waals surface area contributed by atoms with Crippen molar-refractivity contribution in [2.45, 2.75) is 20.8 Å². The van der Waals surface area contributed by atoms with Crippen LogP contribution in [0.25, 0.3) is 11.3 Å². The number of thiazole rings is 1. The Labute approximate surface area is 161 Å². The van der Waals surface area contributed by atoms with E-state index < -0.39 is 11.9 Å². The summed E-state index contributed by atoms with van der Waals surface area (Å²) >= 11 is 1.34. The number of amides is 1. The number of aromatic nitrogens is 2. The molecule has 0 bridgehead atoms. The highest BCUT2D eigenvalue weighted by Crippen LogP contribution is 2.29. The van der Waals surface area contributed by atoms with E-state index in [9.17, 15) is 9.59 Å². The predicted octanol–water partition coefficient (Wildman–Crippen LogP) is 4.17. The first kappa shape index (κ1) is 18.7. The Morgan fingerprint density at radius 2 is 1.70 bits per heavy atom. The normalized spacial score (nSPS) is 10.5. The summed E-state index contributed by atoms with van der Waals surface area (Å²) in [4.78, 5) is 32.5. The lowest BCUT2D eigenvalue weighted by molar-refractivity contribution is 0.0594. The first-order valence-electron chi connectivity index (χ1n) is 8.29. The highest BCUT2D eigenvalue weighted by molar-refractivity contribution is 7.14. The number of rotatable bonds is 4. The van der Waals surface area contributed by atoms with E-state index >= 15 is 0 Å². The standard InChI is InChI=1S/C20H19N3O3S/c1-11-8-13(3)14(9-12(11)2)17-10-27-20(22-17)23-18(24)15-6-5-7-16(21-15)19(25)26-4/h5-10H,1-4H3,(H,22,23,24). The van der Waals surface area contributed by atoms with Gasteiger partial charge in [-0.15, -0.1) is 11.3 Å². The molecule has 0 saturated heterocycles. The van der Waals surface area contributed by atoms with Gasteiger partial charge in [0.25, 0.3) is 5.91 Å². The van der Waals surface area contributed by atoms with Crippen molar-refractivity contribution in [2.24, 2.45) is 0 Å². The van der Waals surface area contributed by atoms with Gasteiger partial charge in [-0.05, 0) is 55.7 Å². The Morgan fingerprint density at radius 1 is 1.00 bits per heavy atom. The third-order valence-corrected chi connectivity index (χ3v) is 4.98. The number of methoxy groups -OCH3 is 1. The molecule has 0 atom stereocenters. The monoisotopic (exact) mass is 381 g/mol. The fraction of sp³-hybridized carbons (Fsp3) is 0.200. The number of pyridine rings is 1. The molecule has 1 amide bonds. The summed E-state index contributed by atoms with van der Waals surface area (Å²) in [6, 6.07) is 8.84. The minimum atomic E-state index is -0.591. The smallest absolute Gasteiger partial charge is 0.356 e. The average Bonchev–Trinajstić information content (AvgIpc) is 3.12. The van der Waals surface area contributed by atoms with Crippen molar-refractivity contribution < 1.29 is 14.3 Å². The van der Waals surface area contributed by atoms with Crippen LogP contribution in [0.5, 0.6) is 0 Å². The van der Waals surface area contributed by atoms with E-state index in [1.807, 2.05) is 12.3 Å². The molecule has 1 aromatic carbocycles. The lowest BCUT2D eigenvalue weighted by atomic mass is 9.99. The van der Waals surface area contributed by atoms with E-state index in [-0.39, 0.29) is 11.4 Å². The van der Waals surface area contributed by atoms with Crippen LogP contribution >= 0.6 is 11.3 Å². The zero-order valence-electron chi connectivity index (χ0n) is 15.5. The average molecular weight is 381 g/mol. The van der Waals surface area contributed by atoms with Crippen LogP contribution in [0.3, 0.4) is 0 Å². The van der Waals surface area contributed by atoms with Gasteiger partial charge in [0.1, 0.15) is 11.4 Å². The third kappa shape index (κ3) is 4.03. The van der Waals surface area contributed by atoms with Crippen molar-refractivity contribution in [1.29, 1.82) is 0 Å². The van der Waals surface area contributed by atoms with E-state index in [1.54, 1.807) is 6.07 Å². The van der Waals surface area contributed by atoms with E-state index in [4.69, 9.17) is 0 Å². The summed E-state index contributed by atoms with van der Waals surface area (Å²) < 4.78 is 4.63. The number of hydrogen-bond acceptors (Lipinski definition) is 6. The van der Waals surface area contributed by atoms with Crippen LogP contribution in [-0.2, 0) is 4.74 Å². The molecule has 2 aromatic heterocycles. The van der Waals surface area contributed by atoms with Crippen LogP contribution in [0, 0.1) is 20.8 Å². The van der Waals surface area contributed by atoms with Crippen molar-refractivity contribution in [3.63, 3.8) is 0 Å². The maximum absolute atomic E-state index is 12.4. The summed E-state index contributed by atoms with van der Waals surface area (Å²) in [5.74, 6) is -1.02. The number of carbonyl (C=O) groups excluding carboxylic acids is 2. The molecule has 0 radical (unpaired) electrons. The van der Waals surface area contributed by atoms with Crippen LogP contribution in [0.15, 0.2) is 35.7 Å². The Balaban J connectivity index is 1.81. The number of hydrogen-bond donors (Lipinski definition) is 1. The topological polar surface area (TPSA) is 81.2 Å². The first-order valence-corrected chi connectivity index (χ1v) is 9.17.